The lowest BCUT2D eigenvalue weighted by molar-refractivity contribution is -0.113. The minimum Gasteiger partial charge on any atom is -0.378 e. The van der Waals surface area contributed by atoms with E-state index in [2.05, 4.69) is 16.0 Å². The zero-order valence-corrected chi connectivity index (χ0v) is 17.0. The number of hydrogen-bond acceptors (Lipinski definition) is 3. The number of urea groups is 1. The van der Waals surface area contributed by atoms with Crippen molar-refractivity contribution in [2.75, 3.05) is 24.3 Å². The van der Waals surface area contributed by atoms with Crippen LogP contribution in [0.5, 0.6) is 0 Å². The van der Waals surface area contributed by atoms with Crippen LogP contribution in [-0.4, -0.2) is 26.0 Å². The third-order valence-corrected chi connectivity index (χ3v) is 5.18. The molecule has 0 saturated heterocycles. The molecule has 28 heavy (non-hydrogen) atoms. The van der Waals surface area contributed by atoms with E-state index in [-0.39, 0.29) is 11.9 Å². The average molecular weight is 399 g/mol. The molecule has 0 radical (unpaired) electrons. The van der Waals surface area contributed by atoms with Crippen molar-refractivity contribution in [1.82, 2.24) is 10.6 Å². The number of hydrogen-bond donors (Lipinski definition) is 3. The Morgan fingerprint density at radius 3 is 2.43 bits per heavy atom. The van der Waals surface area contributed by atoms with E-state index in [1.54, 1.807) is 25.1 Å². The van der Waals surface area contributed by atoms with Crippen LogP contribution in [-0.2, 0) is 4.79 Å². The lowest BCUT2D eigenvalue weighted by Gasteiger charge is -2.29. The highest BCUT2D eigenvalue weighted by molar-refractivity contribution is 6.31. The number of carbonyl (C=O) groups excluding carboxylic acids is 2. The van der Waals surface area contributed by atoms with Crippen molar-refractivity contribution in [2.45, 2.75) is 19.9 Å². The predicted octanol–water partition coefficient (Wildman–Crippen LogP) is 3.98. The maximum Gasteiger partial charge on any atom is 0.319 e. The van der Waals surface area contributed by atoms with Crippen LogP contribution >= 0.6 is 11.6 Å². The van der Waals surface area contributed by atoms with Gasteiger partial charge in [-0.3, -0.25) is 4.79 Å². The van der Waals surface area contributed by atoms with Crippen LogP contribution in [0.4, 0.5) is 16.2 Å². The monoisotopic (exact) mass is 398 g/mol. The van der Waals surface area contributed by atoms with Crippen molar-refractivity contribution in [1.29, 1.82) is 0 Å². The molecule has 6 nitrogen and oxygen atoms in total. The highest BCUT2D eigenvalue weighted by atomic mass is 35.5. The second kappa shape index (κ2) is 7.94. The van der Waals surface area contributed by atoms with Gasteiger partial charge in [-0.2, -0.15) is 0 Å². The van der Waals surface area contributed by atoms with Crippen molar-refractivity contribution in [3.05, 3.63) is 69.9 Å². The van der Waals surface area contributed by atoms with Crippen LogP contribution in [0, 0.1) is 6.92 Å². The van der Waals surface area contributed by atoms with Crippen molar-refractivity contribution >= 4 is 34.9 Å². The summed E-state index contributed by atoms with van der Waals surface area (Å²) < 4.78 is 0. The van der Waals surface area contributed by atoms with Gasteiger partial charge in [0.1, 0.15) is 0 Å². The number of nitrogens with one attached hydrogen (secondary N) is 3. The standard InChI is InChI=1S/C21H23ClN4O2/c1-12-16(22)6-5-7-17(12)24-20(27)18-13(2)23-21(28)25-19(18)14-8-10-15(11-9-14)26(3)4/h5-11,19H,1-4H3,(H,24,27)(H2,23,25,28)/t19-/m0/s1. The van der Waals surface area contributed by atoms with Gasteiger partial charge in [0.15, 0.2) is 0 Å². The van der Waals surface area contributed by atoms with E-state index in [0.717, 1.165) is 16.8 Å². The Bertz CT molecular complexity index is 951. The molecule has 0 aliphatic carbocycles. The van der Waals surface area contributed by atoms with Crippen molar-refractivity contribution < 1.29 is 9.59 Å². The zero-order valence-electron chi connectivity index (χ0n) is 16.3. The molecule has 0 fully saturated rings. The number of halogens is 1. The molecular formula is C21H23ClN4O2. The summed E-state index contributed by atoms with van der Waals surface area (Å²) in [6.07, 6.45) is 0. The highest BCUT2D eigenvalue weighted by Gasteiger charge is 2.31. The first-order chi connectivity index (χ1) is 13.3. The second-order valence-electron chi connectivity index (χ2n) is 6.92. The molecule has 146 valence electrons. The Kier molecular flexibility index (Phi) is 5.61. The lowest BCUT2D eigenvalue weighted by Crippen LogP contribution is -2.46. The number of carbonyl (C=O) groups is 2. The van der Waals surface area contributed by atoms with Gasteiger partial charge in [-0.05, 0) is 49.2 Å². The normalized spacial score (nSPS) is 16.3. The van der Waals surface area contributed by atoms with Gasteiger partial charge in [0, 0.05) is 36.2 Å². The molecular weight excluding hydrogens is 376 g/mol. The molecule has 3 N–H and O–H groups in total. The fourth-order valence-electron chi connectivity index (χ4n) is 3.14. The number of benzene rings is 2. The molecule has 2 aromatic rings. The molecule has 0 unspecified atom stereocenters. The van der Waals surface area contributed by atoms with Crippen LogP contribution in [0.1, 0.15) is 24.1 Å². The van der Waals surface area contributed by atoms with E-state index in [4.69, 9.17) is 11.6 Å². The SMILES string of the molecule is CC1=C(C(=O)Nc2cccc(Cl)c2C)[C@H](c2ccc(N(C)C)cc2)NC(=O)N1. The quantitative estimate of drug-likeness (QED) is 0.729. The van der Waals surface area contributed by atoms with Gasteiger partial charge in [0.2, 0.25) is 0 Å². The molecule has 3 rings (SSSR count). The molecule has 0 saturated carbocycles. The molecule has 3 amide bonds. The topological polar surface area (TPSA) is 73.5 Å². The number of anilines is 2. The van der Waals surface area contributed by atoms with E-state index in [9.17, 15) is 9.59 Å². The fraction of sp³-hybridized carbons (Fsp3) is 0.238. The first kappa shape index (κ1) is 19.8. The molecule has 1 atom stereocenters. The van der Waals surface area contributed by atoms with Gasteiger partial charge in [0.05, 0.1) is 11.6 Å². The van der Waals surface area contributed by atoms with Crippen molar-refractivity contribution in [3.63, 3.8) is 0 Å². The molecule has 7 heteroatoms. The predicted molar refractivity (Wildman–Crippen MR) is 113 cm³/mol. The maximum atomic E-state index is 13.1. The summed E-state index contributed by atoms with van der Waals surface area (Å²) in [5.74, 6) is -0.294. The number of nitrogens with zero attached hydrogens (tertiary/aromatic N) is 1. The van der Waals surface area contributed by atoms with Gasteiger partial charge >= 0.3 is 6.03 Å². The third-order valence-electron chi connectivity index (χ3n) is 4.77. The lowest BCUT2D eigenvalue weighted by atomic mass is 9.94. The summed E-state index contributed by atoms with van der Waals surface area (Å²) in [6.45, 7) is 3.57. The smallest absolute Gasteiger partial charge is 0.319 e. The maximum absolute atomic E-state index is 13.1. The van der Waals surface area contributed by atoms with E-state index in [0.29, 0.717) is 22.0 Å². The van der Waals surface area contributed by atoms with Gasteiger partial charge in [0.25, 0.3) is 5.91 Å². The summed E-state index contributed by atoms with van der Waals surface area (Å²) in [5, 5.41) is 9.02. The number of allylic oxidation sites excluding steroid dienone is 1. The van der Waals surface area contributed by atoms with E-state index < -0.39 is 6.04 Å². The third kappa shape index (κ3) is 3.97. The van der Waals surface area contributed by atoms with E-state index in [1.165, 1.54) is 0 Å². The molecule has 0 aromatic heterocycles. The first-order valence-electron chi connectivity index (χ1n) is 8.90. The molecule has 1 aliphatic rings. The van der Waals surface area contributed by atoms with E-state index in [1.807, 2.05) is 50.2 Å². The van der Waals surface area contributed by atoms with Gasteiger partial charge in [-0.25, -0.2) is 4.79 Å². The summed E-state index contributed by atoms with van der Waals surface area (Å²) in [4.78, 5) is 27.1. The van der Waals surface area contributed by atoms with Crippen LogP contribution in [0.2, 0.25) is 5.02 Å². The van der Waals surface area contributed by atoms with E-state index >= 15 is 0 Å². The molecule has 0 spiro atoms. The van der Waals surface area contributed by atoms with Gasteiger partial charge in [-0.15, -0.1) is 0 Å². The summed E-state index contributed by atoms with van der Waals surface area (Å²) in [5.41, 5.74) is 4.25. The minimum absolute atomic E-state index is 0.294. The Balaban J connectivity index is 1.95. The average Bonchev–Trinajstić information content (AvgIpc) is 2.64. The number of amides is 3. The summed E-state index contributed by atoms with van der Waals surface area (Å²) in [6, 6.07) is 12.2. The fourth-order valence-corrected chi connectivity index (χ4v) is 3.32. The summed E-state index contributed by atoms with van der Waals surface area (Å²) in [7, 11) is 3.91. The van der Waals surface area contributed by atoms with Crippen LogP contribution in [0.3, 0.4) is 0 Å². The van der Waals surface area contributed by atoms with Crippen molar-refractivity contribution in [2.24, 2.45) is 0 Å². The highest BCUT2D eigenvalue weighted by Crippen LogP contribution is 2.30. The minimum atomic E-state index is -0.551. The second-order valence-corrected chi connectivity index (χ2v) is 7.33. The largest absolute Gasteiger partial charge is 0.378 e. The number of rotatable bonds is 4. The van der Waals surface area contributed by atoms with Crippen LogP contribution in [0.15, 0.2) is 53.7 Å². The van der Waals surface area contributed by atoms with Crippen molar-refractivity contribution in [3.8, 4) is 0 Å². The van der Waals surface area contributed by atoms with Gasteiger partial charge in [-0.1, -0.05) is 29.8 Å². The Morgan fingerprint density at radius 2 is 1.79 bits per heavy atom. The van der Waals surface area contributed by atoms with Crippen LogP contribution < -0.4 is 20.9 Å². The van der Waals surface area contributed by atoms with Crippen LogP contribution in [0.25, 0.3) is 0 Å². The summed E-state index contributed by atoms with van der Waals surface area (Å²) >= 11 is 6.16. The Hall–Kier alpha value is -2.99. The molecule has 0 bridgehead atoms. The zero-order chi connectivity index (χ0) is 20.4. The molecule has 1 aliphatic heterocycles. The Labute approximate surface area is 169 Å². The van der Waals surface area contributed by atoms with Gasteiger partial charge < -0.3 is 20.9 Å². The molecule has 2 aromatic carbocycles. The first-order valence-corrected chi connectivity index (χ1v) is 9.27. The molecule has 1 heterocycles. The Morgan fingerprint density at radius 1 is 1.11 bits per heavy atom.